The molecule has 0 bridgehead atoms. The fourth-order valence-electron chi connectivity index (χ4n) is 5.82. The maximum Gasteiger partial charge on any atom is 0.247 e. The monoisotopic (exact) mass is 511 g/mol. The van der Waals surface area contributed by atoms with Gasteiger partial charge in [-0.3, -0.25) is 14.5 Å². The maximum absolute atomic E-state index is 12.6. The first-order valence-corrected chi connectivity index (χ1v) is 13.2. The van der Waals surface area contributed by atoms with E-state index >= 15 is 0 Å². The second kappa shape index (κ2) is 10.8. The standard InChI is InChI=1S/C30H33N5O3/c1-18-5-4-6-25-27(9-10-28(36)33-30(18)25)35-13-11-21(12-14-35)24-8-7-23(15-22(24)17-31)32-29(37)16-26-19(2)34-38-20(26)3/h4,6-10,15,18,21,27H,5,11-14,16H2,1-3H3,(H,32,37)(H,33,36). The number of aryl methyl sites for hydroxylation is 2. The van der Waals surface area contributed by atoms with E-state index in [0.717, 1.165) is 49.2 Å². The maximum atomic E-state index is 12.6. The summed E-state index contributed by atoms with van der Waals surface area (Å²) >= 11 is 0. The molecule has 1 aliphatic carbocycles. The van der Waals surface area contributed by atoms with E-state index in [4.69, 9.17) is 4.52 Å². The summed E-state index contributed by atoms with van der Waals surface area (Å²) in [6.45, 7) is 7.50. The number of amides is 2. The van der Waals surface area contributed by atoms with Gasteiger partial charge in [-0.05, 0) is 75.4 Å². The van der Waals surface area contributed by atoms with Crippen LogP contribution >= 0.6 is 0 Å². The summed E-state index contributed by atoms with van der Waals surface area (Å²) in [5, 5.41) is 19.8. The molecule has 2 N–H and O–H groups in total. The van der Waals surface area contributed by atoms with Crippen LogP contribution in [0.15, 0.2) is 58.3 Å². The third kappa shape index (κ3) is 5.20. The molecule has 1 saturated heterocycles. The molecule has 8 nitrogen and oxygen atoms in total. The van der Waals surface area contributed by atoms with Crippen molar-refractivity contribution in [2.45, 2.75) is 58.4 Å². The molecular weight excluding hydrogens is 478 g/mol. The van der Waals surface area contributed by atoms with Crippen molar-refractivity contribution < 1.29 is 14.1 Å². The van der Waals surface area contributed by atoms with E-state index in [1.165, 1.54) is 5.57 Å². The van der Waals surface area contributed by atoms with E-state index in [1.807, 2.05) is 25.1 Å². The molecule has 2 unspecified atom stereocenters. The number of nitrogens with zero attached hydrogens (tertiary/aromatic N) is 3. The van der Waals surface area contributed by atoms with Gasteiger partial charge in [0.2, 0.25) is 11.8 Å². The van der Waals surface area contributed by atoms with Crippen LogP contribution in [0.5, 0.6) is 0 Å². The lowest BCUT2D eigenvalue weighted by Gasteiger charge is -2.38. The van der Waals surface area contributed by atoms with E-state index in [2.05, 4.69) is 45.8 Å². The predicted octanol–water partition coefficient (Wildman–Crippen LogP) is 4.43. The molecule has 8 heteroatoms. The second-order valence-corrected chi connectivity index (χ2v) is 10.5. The summed E-state index contributed by atoms with van der Waals surface area (Å²) in [5.41, 5.74) is 5.94. The number of rotatable bonds is 5. The molecule has 1 fully saturated rings. The number of likely N-dealkylation sites (tertiary alicyclic amines) is 1. The minimum absolute atomic E-state index is 0.0606. The average Bonchev–Trinajstić information content (AvgIpc) is 3.11. The van der Waals surface area contributed by atoms with Crippen molar-refractivity contribution in [2.75, 3.05) is 18.4 Å². The number of aromatic nitrogens is 1. The van der Waals surface area contributed by atoms with Crippen molar-refractivity contribution in [3.63, 3.8) is 0 Å². The molecule has 2 aliphatic heterocycles. The smallest absolute Gasteiger partial charge is 0.247 e. The van der Waals surface area contributed by atoms with Crippen LogP contribution in [0.3, 0.4) is 0 Å². The molecular formula is C30H33N5O3. The summed E-state index contributed by atoms with van der Waals surface area (Å²) < 4.78 is 5.15. The topological polar surface area (TPSA) is 111 Å². The van der Waals surface area contributed by atoms with Gasteiger partial charge in [0.05, 0.1) is 29.8 Å². The largest absolute Gasteiger partial charge is 0.361 e. The molecule has 5 rings (SSSR count). The predicted molar refractivity (Wildman–Crippen MR) is 144 cm³/mol. The fourth-order valence-corrected chi connectivity index (χ4v) is 5.82. The summed E-state index contributed by atoms with van der Waals surface area (Å²) in [5.74, 6) is 0.959. The lowest BCUT2D eigenvalue weighted by molar-refractivity contribution is -0.116. The van der Waals surface area contributed by atoms with Gasteiger partial charge in [0.25, 0.3) is 0 Å². The highest BCUT2D eigenvalue weighted by atomic mass is 16.5. The van der Waals surface area contributed by atoms with E-state index < -0.39 is 0 Å². The number of piperidine rings is 1. The van der Waals surface area contributed by atoms with Gasteiger partial charge in [-0.15, -0.1) is 0 Å². The highest BCUT2D eigenvalue weighted by molar-refractivity contribution is 5.92. The first-order chi connectivity index (χ1) is 18.3. The van der Waals surface area contributed by atoms with Crippen LogP contribution in [-0.2, 0) is 16.0 Å². The highest BCUT2D eigenvalue weighted by Gasteiger charge is 2.32. The molecule has 0 saturated carbocycles. The summed E-state index contributed by atoms with van der Waals surface area (Å²) in [4.78, 5) is 27.3. The van der Waals surface area contributed by atoms with Gasteiger partial charge in [0, 0.05) is 28.9 Å². The van der Waals surface area contributed by atoms with E-state index in [-0.39, 0.29) is 30.2 Å². The minimum atomic E-state index is -0.173. The van der Waals surface area contributed by atoms with Crippen molar-refractivity contribution in [3.8, 4) is 6.07 Å². The molecule has 2 atom stereocenters. The third-order valence-corrected chi connectivity index (χ3v) is 7.94. The molecule has 3 heterocycles. The first kappa shape index (κ1) is 25.7. The lowest BCUT2D eigenvalue weighted by Crippen LogP contribution is -2.42. The van der Waals surface area contributed by atoms with Gasteiger partial charge in [0.1, 0.15) is 5.76 Å². The van der Waals surface area contributed by atoms with Crippen LogP contribution in [0, 0.1) is 31.1 Å². The molecule has 196 valence electrons. The van der Waals surface area contributed by atoms with Gasteiger partial charge in [-0.25, -0.2) is 0 Å². The van der Waals surface area contributed by atoms with Gasteiger partial charge in [0.15, 0.2) is 0 Å². The average molecular weight is 512 g/mol. The Morgan fingerprint density at radius 2 is 2.05 bits per heavy atom. The molecule has 1 aromatic heterocycles. The van der Waals surface area contributed by atoms with Crippen LogP contribution < -0.4 is 10.6 Å². The normalized spacial score (nSPS) is 22.0. The number of benzene rings is 1. The lowest BCUT2D eigenvalue weighted by atomic mass is 9.84. The number of carbonyl (C=O) groups excluding carboxylic acids is 2. The Labute approximate surface area is 223 Å². The molecule has 2 aromatic rings. The van der Waals surface area contributed by atoms with Gasteiger partial charge >= 0.3 is 0 Å². The SMILES string of the molecule is Cc1noc(C)c1CC(=O)Nc1ccc(C2CCN(C3C=CC(=O)NC4=C3C=CCC4C)CC2)c(C#N)c1. The van der Waals surface area contributed by atoms with Crippen LogP contribution in [0.4, 0.5) is 5.69 Å². The first-order valence-electron chi connectivity index (χ1n) is 13.2. The second-order valence-electron chi connectivity index (χ2n) is 10.5. The van der Waals surface area contributed by atoms with Crippen LogP contribution in [0.25, 0.3) is 0 Å². The number of hydrogen-bond donors (Lipinski definition) is 2. The number of carbonyl (C=O) groups is 2. The molecule has 1 aromatic carbocycles. The van der Waals surface area contributed by atoms with Crippen molar-refractivity contribution in [1.82, 2.24) is 15.4 Å². The van der Waals surface area contributed by atoms with Crippen molar-refractivity contribution in [1.29, 1.82) is 5.26 Å². The zero-order valence-electron chi connectivity index (χ0n) is 22.1. The van der Waals surface area contributed by atoms with Gasteiger partial charge in [-0.2, -0.15) is 5.26 Å². The Morgan fingerprint density at radius 1 is 1.26 bits per heavy atom. The molecule has 38 heavy (non-hydrogen) atoms. The summed E-state index contributed by atoms with van der Waals surface area (Å²) in [7, 11) is 0. The van der Waals surface area contributed by atoms with Crippen molar-refractivity contribution >= 4 is 17.5 Å². The Balaban J connectivity index is 1.26. The van der Waals surface area contributed by atoms with Gasteiger partial charge in [-0.1, -0.05) is 36.4 Å². The van der Waals surface area contributed by atoms with Crippen LogP contribution in [0.1, 0.15) is 60.2 Å². The number of allylic oxidation sites excluding steroid dienone is 2. The van der Waals surface area contributed by atoms with E-state index in [9.17, 15) is 14.9 Å². The number of anilines is 1. The number of hydrogen-bond acceptors (Lipinski definition) is 6. The van der Waals surface area contributed by atoms with E-state index in [1.54, 1.807) is 19.1 Å². The Bertz CT molecular complexity index is 1370. The summed E-state index contributed by atoms with van der Waals surface area (Å²) in [6.07, 6.45) is 11.0. The van der Waals surface area contributed by atoms with Crippen LogP contribution in [-0.4, -0.2) is 41.0 Å². The zero-order chi connectivity index (χ0) is 26.8. The van der Waals surface area contributed by atoms with Crippen LogP contribution in [0.2, 0.25) is 0 Å². The quantitative estimate of drug-likeness (QED) is 0.614. The third-order valence-electron chi connectivity index (χ3n) is 7.94. The number of nitriles is 1. The molecule has 2 amide bonds. The Kier molecular flexibility index (Phi) is 7.30. The van der Waals surface area contributed by atoms with E-state index in [0.29, 0.717) is 28.6 Å². The highest BCUT2D eigenvalue weighted by Crippen LogP contribution is 2.35. The zero-order valence-corrected chi connectivity index (χ0v) is 22.1. The van der Waals surface area contributed by atoms with Crippen molar-refractivity contribution in [3.05, 3.63) is 81.9 Å². The Morgan fingerprint density at radius 3 is 2.76 bits per heavy atom. The van der Waals surface area contributed by atoms with Crippen molar-refractivity contribution in [2.24, 2.45) is 5.92 Å². The van der Waals surface area contributed by atoms with Gasteiger partial charge < -0.3 is 15.2 Å². The minimum Gasteiger partial charge on any atom is -0.361 e. The molecule has 0 radical (unpaired) electrons. The molecule has 3 aliphatic rings. The fraction of sp³-hybridized carbons (Fsp3) is 0.400. The Hall–Kier alpha value is -3.96. The number of nitrogens with one attached hydrogen (secondary N) is 2. The molecule has 0 spiro atoms. The summed E-state index contributed by atoms with van der Waals surface area (Å²) in [6, 6.07) is 8.02.